The van der Waals surface area contributed by atoms with Crippen LogP contribution in [-0.2, 0) is 22.4 Å². The van der Waals surface area contributed by atoms with Crippen LogP contribution in [0.15, 0.2) is 24.3 Å². The van der Waals surface area contributed by atoms with E-state index >= 15 is 0 Å². The SMILES string of the molecule is CC(C)(CC1Cc2ccccc2C1)NC(=O)C1CC(=O)N(C2CC2)C1. The number of carbonyl (C=O) groups excluding carboxylic acids is 2. The maximum atomic E-state index is 12.7. The van der Waals surface area contributed by atoms with Gasteiger partial charge in [-0.3, -0.25) is 9.59 Å². The zero-order valence-electron chi connectivity index (χ0n) is 15.3. The van der Waals surface area contributed by atoms with Gasteiger partial charge >= 0.3 is 0 Å². The van der Waals surface area contributed by atoms with Gasteiger partial charge in [0, 0.05) is 24.5 Å². The first kappa shape index (κ1) is 16.6. The second-order valence-corrected chi connectivity index (χ2v) is 8.80. The molecule has 1 atom stereocenters. The average molecular weight is 340 g/mol. The number of amides is 2. The van der Waals surface area contributed by atoms with E-state index in [1.165, 1.54) is 11.1 Å². The Balaban J connectivity index is 1.32. The maximum absolute atomic E-state index is 12.7. The van der Waals surface area contributed by atoms with Gasteiger partial charge in [0.1, 0.15) is 0 Å². The number of rotatable bonds is 5. The molecule has 4 rings (SSSR count). The second-order valence-electron chi connectivity index (χ2n) is 8.80. The van der Waals surface area contributed by atoms with Crippen molar-refractivity contribution >= 4 is 11.8 Å². The fourth-order valence-corrected chi connectivity index (χ4v) is 4.65. The van der Waals surface area contributed by atoms with Crippen molar-refractivity contribution in [2.24, 2.45) is 11.8 Å². The molecule has 2 amide bonds. The summed E-state index contributed by atoms with van der Waals surface area (Å²) in [6.45, 7) is 4.84. The van der Waals surface area contributed by atoms with Crippen LogP contribution < -0.4 is 5.32 Å². The summed E-state index contributed by atoms with van der Waals surface area (Å²) < 4.78 is 0. The molecule has 0 aromatic heterocycles. The van der Waals surface area contributed by atoms with E-state index in [2.05, 4.69) is 43.4 Å². The van der Waals surface area contributed by atoms with Crippen LogP contribution in [0.1, 0.15) is 50.7 Å². The highest BCUT2D eigenvalue weighted by Gasteiger charge is 2.42. The first-order chi connectivity index (χ1) is 11.9. The highest BCUT2D eigenvalue weighted by Crippen LogP contribution is 2.34. The molecule has 2 fully saturated rings. The molecule has 1 heterocycles. The van der Waals surface area contributed by atoms with Crippen molar-refractivity contribution in [2.45, 2.75) is 64.0 Å². The van der Waals surface area contributed by atoms with Crippen molar-refractivity contribution in [3.8, 4) is 0 Å². The van der Waals surface area contributed by atoms with Crippen molar-refractivity contribution < 1.29 is 9.59 Å². The van der Waals surface area contributed by atoms with Gasteiger partial charge in [0.05, 0.1) is 5.92 Å². The normalized spacial score (nSPS) is 23.8. The summed E-state index contributed by atoms with van der Waals surface area (Å²) >= 11 is 0. The lowest BCUT2D eigenvalue weighted by molar-refractivity contribution is -0.129. The van der Waals surface area contributed by atoms with Gasteiger partial charge in [-0.25, -0.2) is 0 Å². The van der Waals surface area contributed by atoms with Crippen LogP contribution >= 0.6 is 0 Å². The Hall–Kier alpha value is -1.84. The van der Waals surface area contributed by atoms with Gasteiger partial charge in [0.15, 0.2) is 0 Å². The average Bonchev–Trinajstić information content (AvgIpc) is 3.18. The molecule has 1 saturated heterocycles. The summed E-state index contributed by atoms with van der Waals surface area (Å²) in [5.74, 6) is 0.623. The van der Waals surface area contributed by atoms with Gasteiger partial charge in [-0.05, 0) is 63.0 Å². The van der Waals surface area contributed by atoms with Crippen LogP contribution in [0.5, 0.6) is 0 Å². The van der Waals surface area contributed by atoms with Gasteiger partial charge in [0.2, 0.25) is 11.8 Å². The van der Waals surface area contributed by atoms with E-state index in [0.29, 0.717) is 24.9 Å². The van der Waals surface area contributed by atoms with E-state index in [1.54, 1.807) is 0 Å². The molecule has 0 spiro atoms. The molecular weight excluding hydrogens is 312 g/mol. The number of hydrogen-bond acceptors (Lipinski definition) is 2. The van der Waals surface area contributed by atoms with E-state index < -0.39 is 0 Å². The Morgan fingerprint density at radius 3 is 2.40 bits per heavy atom. The van der Waals surface area contributed by atoms with Crippen LogP contribution in [0.25, 0.3) is 0 Å². The Morgan fingerprint density at radius 1 is 1.16 bits per heavy atom. The zero-order chi connectivity index (χ0) is 17.6. The number of nitrogens with zero attached hydrogens (tertiary/aromatic N) is 1. The quantitative estimate of drug-likeness (QED) is 0.896. The lowest BCUT2D eigenvalue weighted by atomic mass is 9.88. The van der Waals surface area contributed by atoms with E-state index in [-0.39, 0.29) is 23.3 Å². The van der Waals surface area contributed by atoms with Crippen molar-refractivity contribution in [1.29, 1.82) is 0 Å². The number of carbonyl (C=O) groups is 2. The number of fused-ring (bicyclic) bond motifs is 1. The van der Waals surface area contributed by atoms with Gasteiger partial charge < -0.3 is 10.2 Å². The molecule has 3 aliphatic rings. The molecule has 0 bridgehead atoms. The number of hydrogen-bond donors (Lipinski definition) is 1. The van der Waals surface area contributed by atoms with Crippen LogP contribution in [0, 0.1) is 11.8 Å². The number of likely N-dealkylation sites (tertiary alicyclic amines) is 1. The fraction of sp³-hybridized carbons (Fsp3) is 0.619. The highest BCUT2D eigenvalue weighted by molar-refractivity contribution is 5.89. The van der Waals surface area contributed by atoms with Crippen LogP contribution in [-0.4, -0.2) is 34.8 Å². The lowest BCUT2D eigenvalue weighted by Crippen LogP contribution is -2.47. The first-order valence-electron chi connectivity index (χ1n) is 9.59. The minimum absolute atomic E-state index is 0.0528. The molecule has 4 nitrogen and oxygen atoms in total. The molecule has 134 valence electrons. The summed E-state index contributed by atoms with van der Waals surface area (Å²) in [6, 6.07) is 9.07. The summed E-state index contributed by atoms with van der Waals surface area (Å²) in [5, 5.41) is 3.23. The first-order valence-corrected chi connectivity index (χ1v) is 9.59. The largest absolute Gasteiger partial charge is 0.351 e. The van der Waals surface area contributed by atoms with E-state index in [9.17, 15) is 9.59 Å². The van der Waals surface area contributed by atoms with Crippen molar-refractivity contribution in [3.63, 3.8) is 0 Å². The minimum Gasteiger partial charge on any atom is -0.351 e. The number of nitrogens with one attached hydrogen (secondary N) is 1. The van der Waals surface area contributed by atoms with Gasteiger partial charge in [-0.2, -0.15) is 0 Å². The maximum Gasteiger partial charge on any atom is 0.225 e. The zero-order valence-corrected chi connectivity index (χ0v) is 15.3. The molecule has 1 aromatic carbocycles. The standard InChI is InChI=1S/C21H28N2O2/c1-21(2,12-14-9-15-5-3-4-6-16(15)10-14)22-20(25)17-11-19(24)23(13-17)18-7-8-18/h3-6,14,17-18H,7-13H2,1-2H3,(H,22,25). The molecular formula is C21H28N2O2. The van der Waals surface area contributed by atoms with E-state index in [1.807, 2.05) is 4.90 Å². The van der Waals surface area contributed by atoms with Gasteiger partial charge in [-0.1, -0.05) is 24.3 Å². The molecule has 1 unspecified atom stereocenters. The van der Waals surface area contributed by atoms with Crippen LogP contribution in [0.3, 0.4) is 0 Å². The predicted molar refractivity (Wildman–Crippen MR) is 97.0 cm³/mol. The number of benzene rings is 1. The molecule has 4 heteroatoms. The van der Waals surface area contributed by atoms with Crippen molar-refractivity contribution in [3.05, 3.63) is 35.4 Å². The molecule has 1 aliphatic heterocycles. The smallest absolute Gasteiger partial charge is 0.225 e. The summed E-state index contributed by atoms with van der Waals surface area (Å²) in [5.41, 5.74) is 2.67. The Morgan fingerprint density at radius 2 is 1.80 bits per heavy atom. The summed E-state index contributed by atoms with van der Waals surface area (Å²) in [4.78, 5) is 26.7. The van der Waals surface area contributed by atoms with E-state index in [0.717, 1.165) is 32.1 Å². The van der Waals surface area contributed by atoms with Gasteiger partial charge in [-0.15, -0.1) is 0 Å². The molecule has 1 saturated carbocycles. The molecule has 1 N–H and O–H groups in total. The lowest BCUT2D eigenvalue weighted by Gasteiger charge is -2.30. The summed E-state index contributed by atoms with van der Waals surface area (Å²) in [6.07, 6.45) is 5.77. The molecule has 1 aromatic rings. The highest BCUT2D eigenvalue weighted by atomic mass is 16.2. The minimum atomic E-state index is -0.236. The Bertz CT molecular complexity index is 668. The predicted octanol–water partition coefficient (Wildman–Crippen LogP) is 2.70. The monoisotopic (exact) mass is 340 g/mol. The Labute approximate surface area is 150 Å². The third-order valence-electron chi connectivity index (χ3n) is 5.91. The molecule has 0 radical (unpaired) electrons. The third kappa shape index (κ3) is 3.58. The fourth-order valence-electron chi connectivity index (χ4n) is 4.65. The van der Waals surface area contributed by atoms with Crippen molar-refractivity contribution in [2.75, 3.05) is 6.54 Å². The topological polar surface area (TPSA) is 49.4 Å². The third-order valence-corrected chi connectivity index (χ3v) is 5.91. The van der Waals surface area contributed by atoms with E-state index in [4.69, 9.17) is 0 Å². The summed E-state index contributed by atoms with van der Waals surface area (Å²) in [7, 11) is 0. The van der Waals surface area contributed by atoms with Crippen LogP contribution in [0.2, 0.25) is 0 Å². The second kappa shape index (κ2) is 6.15. The molecule has 2 aliphatic carbocycles. The van der Waals surface area contributed by atoms with Crippen molar-refractivity contribution in [1.82, 2.24) is 10.2 Å². The van der Waals surface area contributed by atoms with Gasteiger partial charge in [0.25, 0.3) is 0 Å². The Kier molecular flexibility index (Phi) is 4.09. The van der Waals surface area contributed by atoms with Crippen LogP contribution in [0.4, 0.5) is 0 Å². The molecule has 25 heavy (non-hydrogen) atoms.